The summed E-state index contributed by atoms with van der Waals surface area (Å²) in [5, 5.41) is 0. The highest BCUT2D eigenvalue weighted by molar-refractivity contribution is 5.43. The molecule has 0 saturated heterocycles. The van der Waals surface area contributed by atoms with Crippen molar-refractivity contribution in [1.82, 2.24) is 9.97 Å². The molecule has 0 saturated carbocycles. The van der Waals surface area contributed by atoms with Crippen molar-refractivity contribution < 1.29 is 4.74 Å². The SMILES string of the molecule is Nc1cccc(OCc2ncc3c(n2)CCCC3)c1. The quantitative estimate of drug-likeness (QED) is 0.856. The molecule has 0 bridgehead atoms. The van der Waals surface area contributed by atoms with E-state index in [0.717, 1.165) is 24.4 Å². The first-order valence-corrected chi connectivity index (χ1v) is 6.63. The molecule has 0 aliphatic heterocycles. The smallest absolute Gasteiger partial charge is 0.166 e. The van der Waals surface area contributed by atoms with Gasteiger partial charge in [0.2, 0.25) is 0 Å². The maximum atomic E-state index is 5.71. The number of fused-ring (bicyclic) bond motifs is 1. The average molecular weight is 255 g/mol. The molecule has 0 fully saturated rings. The van der Waals surface area contributed by atoms with Crippen molar-refractivity contribution in [3.63, 3.8) is 0 Å². The maximum absolute atomic E-state index is 5.71. The van der Waals surface area contributed by atoms with Crippen molar-refractivity contribution in [1.29, 1.82) is 0 Å². The Morgan fingerprint density at radius 2 is 2.11 bits per heavy atom. The zero-order chi connectivity index (χ0) is 13.1. The first-order chi connectivity index (χ1) is 9.31. The molecule has 4 heteroatoms. The van der Waals surface area contributed by atoms with E-state index in [2.05, 4.69) is 9.97 Å². The van der Waals surface area contributed by atoms with Crippen molar-refractivity contribution in [2.24, 2.45) is 0 Å². The molecular formula is C15H17N3O. The van der Waals surface area contributed by atoms with Crippen molar-refractivity contribution in [2.75, 3.05) is 5.73 Å². The number of nitrogens with zero attached hydrogens (tertiary/aromatic N) is 2. The third-order valence-electron chi connectivity index (χ3n) is 3.34. The molecule has 0 spiro atoms. The lowest BCUT2D eigenvalue weighted by atomic mass is 9.97. The van der Waals surface area contributed by atoms with Gasteiger partial charge < -0.3 is 10.5 Å². The van der Waals surface area contributed by atoms with Gasteiger partial charge in [0.15, 0.2) is 5.82 Å². The lowest BCUT2D eigenvalue weighted by Crippen LogP contribution is -2.10. The number of rotatable bonds is 3. The van der Waals surface area contributed by atoms with Gasteiger partial charge in [0.25, 0.3) is 0 Å². The number of anilines is 1. The van der Waals surface area contributed by atoms with E-state index < -0.39 is 0 Å². The molecule has 2 aromatic rings. The minimum absolute atomic E-state index is 0.386. The third-order valence-corrected chi connectivity index (χ3v) is 3.34. The fraction of sp³-hybridized carbons (Fsp3) is 0.333. The maximum Gasteiger partial charge on any atom is 0.166 e. The first-order valence-electron chi connectivity index (χ1n) is 6.63. The molecule has 1 aromatic heterocycles. The molecule has 1 aliphatic rings. The number of aromatic nitrogens is 2. The molecule has 4 nitrogen and oxygen atoms in total. The number of aryl methyl sites for hydroxylation is 2. The third kappa shape index (κ3) is 2.84. The van der Waals surface area contributed by atoms with E-state index in [4.69, 9.17) is 10.5 Å². The van der Waals surface area contributed by atoms with Gasteiger partial charge in [-0.3, -0.25) is 0 Å². The summed E-state index contributed by atoms with van der Waals surface area (Å²) in [4.78, 5) is 8.95. The van der Waals surface area contributed by atoms with Gasteiger partial charge in [-0.2, -0.15) is 0 Å². The van der Waals surface area contributed by atoms with E-state index in [1.165, 1.54) is 24.1 Å². The Kier molecular flexibility index (Phi) is 3.31. The summed E-state index contributed by atoms with van der Waals surface area (Å²) in [5.74, 6) is 1.49. The predicted octanol–water partition coefficient (Wildman–Crippen LogP) is 2.52. The molecule has 0 amide bonds. The topological polar surface area (TPSA) is 61.0 Å². The highest BCUT2D eigenvalue weighted by Gasteiger charge is 2.12. The summed E-state index contributed by atoms with van der Waals surface area (Å²) in [6.07, 6.45) is 6.57. The van der Waals surface area contributed by atoms with Crippen LogP contribution in [0.1, 0.15) is 29.9 Å². The lowest BCUT2D eigenvalue weighted by Gasteiger charge is -2.14. The van der Waals surface area contributed by atoms with E-state index in [1.54, 1.807) is 6.07 Å². The van der Waals surface area contributed by atoms with E-state index in [1.807, 2.05) is 24.4 Å². The van der Waals surface area contributed by atoms with Crippen LogP contribution in [-0.2, 0) is 19.4 Å². The Balaban J connectivity index is 1.70. The van der Waals surface area contributed by atoms with Gasteiger partial charge in [0.1, 0.15) is 12.4 Å². The predicted molar refractivity (Wildman–Crippen MR) is 73.9 cm³/mol. The normalized spacial score (nSPS) is 13.9. The van der Waals surface area contributed by atoms with Crippen molar-refractivity contribution in [3.8, 4) is 5.75 Å². The Morgan fingerprint density at radius 1 is 1.21 bits per heavy atom. The first kappa shape index (κ1) is 12.0. The molecule has 0 radical (unpaired) electrons. The number of hydrogen-bond acceptors (Lipinski definition) is 4. The summed E-state index contributed by atoms with van der Waals surface area (Å²) < 4.78 is 5.66. The number of ether oxygens (including phenoxy) is 1. The van der Waals surface area contributed by atoms with Crippen molar-refractivity contribution >= 4 is 5.69 Å². The van der Waals surface area contributed by atoms with Crippen molar-refractivity contribution in [2.45, 2.75) is 32.3 Å². The van der Waals surface area contributed by atoms with Crippen LogP contribution < -0.4 is 10.5 Å². The van der Waals surface area contributed by atoms with Crippen LogP contribution in [0.3, 0.4) is 0 Å². The number of nitrogen functional groups attached to an aromatic ring is 1. The Labute approximate surface area is 112 Å². The van der Waals surface area contributed by atoms with Gasteiger partial charge in [0, 0.05) is 23.6 Å². The molecule has 1 aliphatic carbocycles. The molecule has 3 rings (SSSR count). The largest absolute Gasteiger partial charge is 0.486 e. The highest BCUT2D eigenvalue weighted by Crippen LogP contribution is 2.19. The van der Waals surface area contributed by atoms with Gasteiger partial charge in [0.05, 0.1) is 0 Å². The van der Waals surface area contributed by atoms with E-state index >= 15 is 0 Å². The van der Waals surface area contributed by atoms with Crippen LogP contribution in [0.15, 0.2) is 30.5 Å². The molecule has 19 heavy (non-hydrogen) atoms. The minimum atomic E-state index is 0.386. The lowest BCUT2D eigenvalue weighted by molar-refractivity contribution is 0.295. The molecular weight excluding hydrogens is 238 g/mol. The second-order valence-electron chi connectivity index (χ2n) is 4.83. The van der Waals surface area contributed by atoms with Gasteiger partial charge >= 0.3 is 0 Å². The average Bonchev–Trinajstić information content (AvgIpc) is 2.45. The second-order valence-corrected chi connectivity index (χ2v) is 4.83. The Morgan fingerprint density at radius 3 is 3.00 bits per heavy atom. The van der Waals surface area contributed by atoms with Gasteiger partial charge in [-0.25, -0.2) is 9.97 Å². The molecule has 98 valence electrons. The molecule has 1 heterocycles. The van der Waals surface area contributed by atoms with Crippen LogP contribution >= 0.6 is 0 Å². The van der Waals surface area contributed by atoms with Crippen LogP contribution in [0.4, 0.5) is 5.69 Å². The van der Waals surface area contributed by atoms with Crippen molar-refractivity contribution in [3.05, 3.63) is 47.5 Å². The van der Waals surface area contributed by atoms with Gasteiger partial charge in [-0.15, -0.1) is 0 Å². The highest BCUT2D eigenvalue weighted by atomic mass is 16.5. The Hall–Kier alpha value is -2.10. The minimum Gasteiger partial charge on any atom is -0.486 e. The summed E-state index contributed by atoms with van der Waals surface area (Å²) in [5.41, 5.74) is 8.88. The molecule has 1 aromatic carbocycles. The van der Waals surface area contributed by atoms with Crippen LogP contribution in [0.25, 0.3) is 0 Å². The van der Waals surface area contributed by atoms with Gasteiger partial charge in [-0.1, -0.05) is 6.07 Å². The summed E-state index contributed by atoms with van der Waals surface area (Å²) in [7, 11) is 0. The molecule has 0 atom stereocenters. The summed E-state index contributed by atoms with van der Waals surface area (Å²) >= 11 is 0. The second kappa shape index (κ2) is 5.26. The number of hydrogen-bond donors (Lipinski definition) is 1. The fourth-order valence-corrected chi connectivity index (χ4v) is 2.34. The fourth-order valence-electron chi connectivity index (χ4n) is 2.34. The van der Waals surface area contributed by atoms with Crippen LogP contribution in [0, 0.1) is 0 Å². The zero-order valence-corrected chi connectivity index (χ0v) is 10.8. The summed E-state index contributed by atoms with van der Waals surface area (Å²) in [6, 6.07) is 7.40. The van der Waals surface area contributed by atoms with Crippen LogP contribution in [-0.4, -0.2) is 9.97 Å². The standard InChI is InChI=1S/C15H17N3O/c16-12-5-3-6-13(8-12)19-10-15-17-9-11-4-1-2-7-14(11)18-15/h3,5-6,8-9H,1-2,4,7,10,16H2. The van der Waals surface area contributed by atoms with E-state index in [0.29, 0.717) is 12.3 Å². The monoisotopic (exact) mass is 255 g/mol. The number of benzene rings is 1. The van der Waals surface area contributed by atoms with Crippen LogP contribution in [0.2, 0.25) is 0 Å². The number of nitrogens with two attached hydrogens (primary N) is 1. The van der Waals surface area contributed by atoms with Crippen LogP contribution in [0.5, 0.6) is 5.75 Å². The summed E-state index contributed by atoms with van der Waals surface area (Å²) in [6.45, 7) is 0.386. The molecule has 2 N–H and O–H groups in total. The van der Waals surface area contributed by atoms with E-state index in [9.17, 15) is 0 Å². The van der Waals surface area contributed by atoms with E-state index in [-0.39, 0.29) is 0 Å². The van der Waals surface area contributed by atoms with Gasteiger partial charge in [-0.05, 0) is 43.4 Å². The Bertz CT molecular complexity index is 583. The zero-order valence-electron chi connectivity index (χ0n) is 10.8. The molecule has 0 unspecified atom stereocenters.